The van der Waals surface area contributed by atoms with Crippen LogP contribution < -0.4 is 29.1 Å². The SMILES string of the molecule is CCCC1=C(C(=O)OCC)[C@@H](c2cccc(OC)c2)n2c(s/c(=C/c3cc(Cl)c(OCc4cccc(C(=O)O)c4)c(OC)c3)c2=O)=N1. The molecule has 5 rings (SSSR count). The van der Waals surface area contributed by atoms with Gasteiger partial charge in [-0.3, -0.25) is 9.36 Å². The Balaban J connectivity index is 1.59. The molecule has 10 nitrogen and oxygen atoms in total. The minimum absolute atomic E-state index is 0.0578. The average Bonchev–Trinajstić information content (AvgIpc) is 3.37. The normalized spacial score (nSPS) is 14.3. The number of methoxy groups -OCH3 is 2. The standard InChI is InChI=1S/C35H33ClN2O8S/c1-5-9-26-29(34(42)45-6-2)30(22-11-8-13-24(18-22)43-3)38-32(39)28(47-35(38)37-26)17-21-15-25(36)31(27(16-21)44-4)46-19-20-10-7-12-23(14-20)33(40)41/h7-8,10-18,30H,5-6,9,19H2,1-4H3,(H,40,41)/b28-17+/t30-/m1/s1. The number of esters is 1. The minimum Gasteiger partial charge on any atom is -0.497 e. The Morgan fingerprint density at radius 1 is 1.06 bits per heavy atom. The van der Waals surface area contributed by atoms with Crippen molar-refractivity contribution in [2.24, 2.45) is 4.99 Å². The number of carboxylic acids is 1. The first kappa shape index (κ1) is 33.5. The van der Waals surface area contributed by atoms with E-state index in [4.69, 9.17) is 35.5 Å². The van der Waals surface area contributed by atoms with Gasteiger partial charge in [-0.25, -0.2) is 14.6 Å². The molecule has 0 aliphatic carbocycles. The Kier molecular flexibility index (Phi) is 10.5. The van der Waals surface area contributed by atoms with Crippen LogP contribution in [0.2, 0.25) is 5.02 Å². The van der Waals surface area contributed by atoms with Crippen molar-refractivity contribution in [1.29, 1.82) is 0 Å². The molecule has 0 amide bonds. The van der Waals surface area contributed by atoms with Crippen molar-refractivity contribution in [1.82, 2.24) is 4.57 Å². The molecule has 1 aliphatic rings. The topological polar surface area (TPSA) is 126 Å². The predicted molar refractivity (Wildman–Crippen MR) is 178 cm³/mol. The van der Waals surface area contributed by atoms with Crippen LogP contribution in [0, 0.1) is 0 Å². The number of thiazole rings is 1. The van der Waals surface area contributed by atoms with Crippen LogP contribution in [-0.4, -0.2) is 42.4 Å². The van der Waals surface area contributed by atoms with Crippen molar-refractivity contribution in [2.75, 3.05) is 20.8 Å². The zero-order valence-corrected chi connectivity index (χ0v) is 27.8. The third-order valence-electron chi connectivity index (χ3n) is 7.41. The van der Waals surface area contributed by atoms with Gasteiger partial charge in [-0.05, 0) is 72.5 Å². The number of carbonyl (C=O) groups is 2. The molecule has 1 N–H and O–H groups in total. The molecule has 12 heteroatoms. The number of halogens is 1. The Morgan fingerprint density at radius 2 is 1.85 bits per heavy atom. The fourth-order valence-electron chi connectivity index (χ4n) is 5.31. The second-order valence-electron chi connectivity index (χ2n) is 10.5. The van der Waals surface area contributed by atoms with E-state index in [0.717, 1.165) is 6.42 Å². The Hall–Kier alpha value is -4.87. The smallest absolute Gasteiger partial charge is 0.338 e. The van der Waals surface area contributed by atoms with E-state index in [-0.39, 0.29) is 35.1 Å². The number of nitrogens with zero attached hydrogens (tertiary/aromatic N) is 2. The number of aromatic carboxylic acids is 1. The van der Waals surface area contributed by atoms with Gasteiger partial charge in [0.2, 0.25) is 0 Å². The van der Waals surface area contributed by atoms with Gasteiger partial charge in [0, 0.05) is 0 Å². The number of allylic oxidation sites excluding steroid dienone is 1. The van der Waals surface area contributed by atoms with E-state index >= 15 is 0 Å². The van der Waals surface area contributed by atoms with Crippen molar-refractivity contribution in [3.05, 3.63) is 119 Å². The summed E-state index contributed by atoms with van der Waals surface area (Å²) >= 11 is 7.85. The Morgan fingerprint density at radius 3 is 2.55 bits per heavy atom. The van der Waals surface area contributed by atoms with Gasteiger partial charge in [0.25, 0.3) is 5.56 Å². The van der Waals surface area contributed by atoms with Crippen LogP contribution in [0.25, 0.3) is 6.08 Å². The zero-order valence-electron chi connectivity index (χ0n) is 26.2. The fourth-order valence-corrected chi connectivity index (χ4v) is 6.61. The summed E-state index contributed by atoms with van der Waals surface area (Å²) in [6.45, 7) is 3.97. The number of rotatable bonds is 12. The summed E-state index contributed by atoms with van der Waals surface area (Å²) in [5, 5.41) is 9.53. The molecule has 0 fully saturated rings. The molecular weight excluding hydrogens is 644 g/mol. The summed E-state index contributed by atoms with van der Waals surface area (Å²) in [6, 6.07) is 16.2. The van der Waals surface area contributed by atoms with Gasteiger partial charge in [0.1, 0.15) is 12.4 Å². The summed E-state index contributed by atoms with van der Waals surface area (Å²) in [6.07, 6.45) is 2.95. The van der Waals surface area contributed by atoms with Crippen LogP contribution in [-0.2, 0) is 16.1 Å². The highest BCUT2D eigenvalue weighted by Gasteiger charge is 2.34. The quantitative estimate of drug-likeness (QED) is 0.194. The van der Waals surface area contributed by atoms with Gasteiger partial charge in [-0.2, -0.15) is 0 Å². The van der Waals surface area contributed by atoms with Crippen LogP contribution in [0.1, 0.15) is 59.8 Å². The molecule has 244 valence electrons. The number of ether oxygens (including phenoxy) is 4. The molecule has 1 aromatic heterocycles. The molecule has 1 atom stereocenters. The minimum atomic E-state index is -1.04. The van der Waals surface area contributed by atoms with Gasteiger partial charge in [0.15, 0.2) is 16.3 Å². The lowest BCUT2D eigenvalue weighted by Gasteiger charge is -2.26. The highest BCUT2D eigenvalue weighted by Crippen LogP contribution is 2.38. The van der Waals surface area contributed by atoms with Crippen molar-refractivity contribution in [3.8, 4) is 17.2 Å². The van der Waals surface area contributed by atoms with Crippen LogP contribution in [0.15, 0.2) is 81.7 Å². The first-order chi connectivity index (χ1) is 22.7. The number of aromatic nitrogens is 1. The van der Waals surface area contributed by atoms with Crippen molar-refractivity contribution in [2.45, 2.75) is 39.3 Å². The third-order valence-corrected chi connectivity index (χ3v) is 8.67. The number of fused-ring (bicyclic) bond motifs is 1. The fraction of sp³-hybridized carbons (Fsp3) is 0.257. The molecule has 0 unspecified atom stereocenters. The zero-order chi connectivity index (χ0) is 33.7. The van der Waals surface area contributed by atoms with Gasteiger partial charge in [-0.15, -0.1) is 0 Å². The average molecular weight is 677 g/mol. The maximum absolute atomic E-state index is 14.1. The lowest BCUT2D eigenvalue weighted by molar-refractivity contribution is -0.139. The van der Waals surface area contributed by atoms with E-state index in [1.54, 1.807) is 56.5 Å². The molecule has 2 heterocycles. The monoisotopic (exact) mass is 676 g/mol. The molecule has 0 bridgehead atoms. The first-order valence-corrected chi connectivity index (χ1v) is 16.1. The van der Waals surface area contributed by atoms with Crippen molar-refractivity contribution < 1.29 is 33.6 Å². The highest BCUT2D eigenvalue weighted by molar-refractivity contribution is 7.07. The van der Waals surface area contributed by atoms with E-state index < -0.39 is 18.0 Å². The maximum Gasteiger partial charge on any atom is 0.338 e. The highest BCUT2D eigenvalue weighted by atomic mass is 35.5. The third kappa shape index (κ3) is 7.11. The number of carboxylic acid groups (broad SMARTS) is 1. The van der Waals surface area contributed by atoms with E-state index in [9.17, 15) is 19.5 Å². The number of hydrogen-bond donors (Lipinski definition) is 1. The van der Waals surface area contributed by atoms with Crippen LogP contribution in [0.4, 0.5) is 0 Å². The summed E-state index contributed by atoms with van der Waals surface area (Å²) in [4.78, 5) is 44.1. The van der Waals surface area contributed by atoms with E-state index in [0.29, 0.717) is 55.2 Å². The maximum atomic E-state index is 14.1. The molecule has 0 radical (unpaired) electrons. The molecule has 0 spiro atoms. The second kappa shape index (κ2) is 14.7. The number of benzene rings is 3. The number of carbonyl (C=O) groups excluding carboxylic acids is 1. The molecule has 47 heavy (non-hydrogen) atoms. The molecule has 0 saturated carbocycles. The summed E-state index contributed by atoms with van der Waals surface area (Å²) < 4.78 is 24.3. The van der Waals surface area contributed by atoms with Crippen LogP contribution in [0.5, 0.6) is 17.2 Å². The molecule has 3 aromatic carbocycles. The van der Waals surface area contributed by atoms with E-state index in [2.05, 4.69) is 0 Å². The first-order valence-electron chi connectivity index (χ1n) is 14.9. The number of hydrogen-bond acceptors (Lipinski definition) is 9. The van der Waals surface area contributed by atoms with E-state index in [1.807, 2.05) is 19.1 Å². The summed E-state index contributed by atoms with van der Waals surface area (Å²) in [5.41, 5.74) is 2.60. The molecule has 4 aromatic rings. The van der Waals surface area contributed by atoms with Gasteiger partial charge >= 0.3 is 11.9 Å². The Labute approximate surface area is 279 Å². The second-order valence-corrected chi connectivity index (χ2v) is 11.9. The largest absolute Gasteiger partial charge is 0.497 e. The predicted octanol–water partition coefficient (Wildman–Crippen LogP) is 5.53. The van der Waals surface area contributed by atoms with Crippen LogP contribution in [0.3, 0.4) is 0 Å². The van der Waals surface area contributed by atoms with Gasteiger partial charge in [0.05, 0.1) is 53.3 Å². The summed E-state index contributed by atoms with van der Waals surface area (Å²) in [5.74, 6) is -0.375. The van der Waals surface area contributed by atoms with Crippen molar-refractivity contribution >= 4 is 41.0 Å². The lowest BCUT2D eigenvalue weighted by atomic mass is 9.94. The molecular formula is C35H33ClN2O8S. The van der Waals surface area contributed by atoms with Gasteiger partial charge in [-0.1, -0.05) is 60.5 Å². The summed E-state index contributed by atoms with van der Waals surface area (Å²) in [7, 11) is 3.03. The lowest BCUT2D eigenvalue weighted by Crippen LogP contribution is -2.40. The van der Waals surface area contributed by atoms with Crippen LogP contribution >= 0.6 is 22.9 Å². The van der Waals surface area contributed by atoms with Crippen molar-refractivity contribution in [3.63, 3.8) is 0 Å². The van der Waals surface area contributed by atoms with Gasteiger partial charge < -0.3 is 24.1 Å². The molecule has 0 saturated heterocycles. The van der Waals surface area contributed by atoms with E-state index in [1.165, 1.54) is 35.1 Å². The Bertz CT molecular complexity index is 2050. The molecule has 1 aliphatic heterocycles.